The molecule has 0 aliphatic carbocycles. The second-order valence-corrected chi connectivity index (χ2v) is 5.89. The number of piperazine rings is 1. The lowest BCUT2D eigenvalue weighted by Gasteiger charge is -2.34. The lowest BCUT2D eigenvalue weighted by molar-refractivity contribution is -0.148. The van der Waals surface area contributed by atoms with Gasteiger partial charge in [0.25, 0.3) is 0 Å². The van der Waals surface area contributed by atoms with Gasteiger partial charge < -0.3 is 5.32 Å². The first-order valence-electron chi connectivity index (χ1n) is 6.03. The molecule has 102 valence electrons. The van der Waals surface area contributed by atoms with E-state index in [1.54, 1.807) is 0 Å². The minimum Gasteiger partial charge on any atom is -0.314 e. The van der Waals surface area contributed by atoms with Crippen LogP contribution in [-0.2, 0) is 0 Å². The predicted octanol–water partition coefficient (Wildman–Crippen LogP) is 2.96. The summed E-state index contributed by atoms with van der Waals surface area (Å²) in [4.78, 5) is 3.83. The van der Waals surface area contributed by atoms with Crippen molar-refractivity contribution in [2.75, 3.05) is 26.2 Å². The molecule has 18 heavy (non-hydrogen) atoms. The maximum absolute atomic E-state index is 12.7. The molecule has 2 nitrogen and oxygen atoms in total. The number of alkyl halides is 3. The number of aryl methyl sites for hydroxylation is 1. The fourth-order valence-corrected chi connectivity index (χ4v) is 3.27. The molecule has 0 unspecified atom stereocenters. The first-order valence-corrected chi connectivity index (χ1v) is 6.85. The molecule has 0 bridgehead atoms. The average Bonchev–Trinajstić information content (AvgIpc) is 2.73. The number of nitrogens with zero attached hydrogens (tertiary/aromatic N) is 1. The van der Waals surface area contributed by atoms with Crippen molar-refractivity contribution in [2.24, 2.45) is 0 Å². The molecule has 0 aromatic carbocycles. The smallest absolute Gasteiger partial charge is 0.314 e. The molecule has 0 spiro atoms. The summed E-state index contributed by atoms with van der Waals surface area (Å²) in [6.45, 7) is 4.81. The number of nitrogens with one attached hydrogen (secondary N) is 1. The molecular weight excluding hydrogens is 261 g/mol. The molecule has 1 fully saturated rings. The van der Waals surface area contributed by atoms with E-state index < -0.39 is 18.6 Å². The summed E-state index contributed by atoms with van der Waals surface area (Å²) in [5.41, 5.74) is 0. The van der Waals surface area contributed by atoms with Crippen molar-refractivity contribution in [2.45, 2.75) is 25.6 Å². The van der Waals surface area contributed by atoms with Crippen LogP contribution in [-0.4, -0.2) is 37.3 Å². The van der Waals surface area contributed by atoms with Gasteiger partial charge >= 0.3 is 6.18 Å². The molecule has 1 aromatic heterocycles. The van der Waals surface area contributed by atoms with Crippen LogP contribution in [0, 0.1) is 6.92 Å². The predicted molar refractivity (Wildman–Crippen MR) is 66.9 cm³/mol. The molecule has 1 aliphatic heterocycles. The highest BCUT2D eigenvalue weighted by molar-refractivity contribution is 7.12. The number of hydrogen-bond donors (Lipinski definition) is 1. The Morgan fingerprint density at radius 2 is 2.00 bits per heavy atom. The quantitative estimate of drug-likeness (QED) is 0.914. The van der Waals surface area contributed by atoms with Crippen molar-refractivity contribution in [3.05, 3.63) is 21.9 Å². The molecule has 1 aliphatic rings. The normalized spacial score (nSPS) is 20.0. The fourth-order valence-electron chi connectivity index (χ4n) is 2.26. The molecule has 1 saturated heterocycles. The minimum absolute atomic E-state index is 0.522. The highest BCUT2D eigenvalue weighted by Crippen LogP contribution is 2.36. The van der Waals surface area contributed by atoms with E-state index in [1.165, 1.54) is 11.3 Å². The van der Waals surface area contributed by atoms with Gasteiger partial charge in [0.1, 0.15) is 0 Å². The Balaban J connectivity index is 2.16. The van der Waals surface area contributed by atoms with Gasteiger partial charge in [-0.15, -0.1) is 11.3 Å². The molecule has 2 rings (SSSR count). The summed E-state index contributed by atoms with van der Waals surface area (Å²) >= 11 is 1.47. The van der Waals surface area contributed by atoms with Crippen molar-refractivity contribution in [1.29, 1.82) is 0 Å². The first kappa shape index (κ1) is 13.8. The van der Waals surface area contributed by atoms with Crippen LogP contribution >= 0.6 is 11.3 Å². The van der Waals surface area contributed by atoms with Crippen molar-refractivity contribution in [3.63, 3.8) is 0 Å². The summed E-state index contributed by atoms with van der Waals surface area (Å²) in [5.74, 6) is 0. The van der Waals surface area contributed by atoms with Crippen LogP contribution in [0.25, 0.3) is 0 Å². The molecule has 2 heterocycles. The van der Waals surface area contributed by atoms with Gasteiger partial charge in [0, 0.05) is 35.9 Å². The highest BCUT2D eigenvalue weighted by Gasteiger charge is 2.36. The van der Waals surface area contributed by atoms with Crippen LogP contribution in [0.3, 0.4) is 0 Å². The SMILES string of the molecule is Cc1ccc([C@H](CC(F)(F)F)N2CCNCC2)s1. The third-order valence-electron chi connectivity index (χ3n) is 3.11. The number of rotatable bonds is 3. The second kappa shape index (κ2) is 5.59. The van der Waals surface area contributed by atoms with Gasteiger partial charge in [0.15, 0.2) is 0 Å². The summed E-state index contributed by atoms with van der Waals surface area (Å²) in [6, 6.07) is 3.20. The van der Waals surface area contributed by atoms with E-state index in [0.717, 1.165) is 22.8 Å². The lowest BCUT2D eigenvalue weighted by atomic mass is 10.1. The molecule has 1 atom stereocenters. The zero-order valence-corrected chi connectivity index (χ0v) is 11.1. The maximum atomic E-state index is 12.7. The van der Waals surface area contributed by atoms with Crippen molar-refractivity contribution in [1.82, 2.24) is 10.2 Å². The van der Waals surface area contributed by atoms with E-state index in [-0.39, 0.29) is 0 Å². The Morgan fingerprint density at radius 1 is 1.33 bits per heavy atom. The fraction of sp³-hybridized carbons (Fsp3) is 0.667. The van der Waals surface area contributed by atoms with Gasteiger partial charge in [-0.25, -0.2) is 0 Å². The molecule has 1 aromatic rings. The second-order valence-electron chi connectivity index (χ2n) is 4.57. The Morgan fingerprint density at radius 3 is 2.50 bits per heavy atom. The van der Waals surface area contributed by atoms with E-state index >= 15 is 0 Å². The standard InChI is InChI=1S/C12H17F3N2S/c1-9-2-3-11(18-9)10(8-12(13,14)15)17-6-4-16-5-7-17/h2-3,10,16H,4-8H2,1H3/t10-/m0/s1. The van der Waals surface area contributed by atoms with Crippen LogP contribution in [0.4, 0.5) is 13.2 Å². The Kier molecular flexibility index (Phi) is 4.29. The number of hydrogen-bond acceptors (Lipinski definition) is 3. The summed E-state index contributed by atoms with van der Waals surface area (Å²) in [5, 5.41) is 3.17. The Hall–Kier alpha value is -0.590. The van der Waals surface area contributed by atoms with Crippen molar-refractivity contribution >= 4 is 11.3 Å². The van der Waals surface area contributed by atoms with Crippen LogP contribution in [0.1, 0.15) is 22.2 Å². The van der Waals surface area contributed by atoms with Crippen LogP contribution in [0.5, 0.6) is 0 Å². The van der Waals surface area contributed by atoms with E-state index in [2.05, 4.69) is 5.32 Å². The summed E-state index contributed by atoms with van der Waals surface area (Å²) < 4.78 is 38.1. The average molecular weight is 278 g/mol. The topological polar surface area (TPSA) is 15.3 Å². The zero-order chi connectivity index (χ0) is 13.2. The molecule has 6 heteroatoms. The Labute approximate surface area is 109 Å². The van der Waals surface area contributed by atoms with Gasteiger partial charge in [0.2, 0.25) is 0 Å². The monoisotopic (exact) mass is 278 g/mol. The lowest BCUT2D eigenvalue weighted by Crippen LogP contribution is -2.45. The molecule has 1 N–H and O–H groups in total. The van der Waals surface area contributed by atoms with Crippen LogP contribution in [0.15, 0.2) is 12.1 Å². The maximum Gasteiger partial charge on any atom is 0.390 e. The highest BCUT2D eigenvalue weighted by atomic mass is 32.1. The molecular formula is C12H17F3N2S. The third kappa shape index (κ3) is 3.70. The Bertz CT molecular complexity index is 383. The van der Waals surface area contributed by atoms with E-state index in [9.17, 15) is 13.2 Å². The molecule has 0 radical (unpaired) electrons. The number of halogens is 3. The third-order valence-corrected chi connectivity index (χ3v) is 4.21. The van der Waals surface area contributed by atoms with Gasteiger partial charge in [-0.2, -0.15) is 13.2 Å². The number of thiophene rings is 1. The van der Waals surface area contributed by atoms with Gasteiger partial charge in [-0.3, -0.25) is 4.90 Å². The van der Waals surface area contributed by atoms with Crippen LogP contribution in [0.2, 0.25) is 0 Å². The summed E-state index contributed by atoms with van der Waals surface area (Å²) in [6.07, 6.45) is -4.87. The molecule has 0 amide bonds. The van der Waals surface area contributed by atoms with E-state index in [4.69, 9.17) is 0 Å². The first-order chi connectivity index (χ1) is 8.46. The molecule has 0 saturated carbocycles. The zero-order valence-electron chi connectivity index (χ0n) is 10.3. The van der Waals surface area contributed by atoms with E-state index in [1.807, 2.05) is 24.0 Å². The summed E-state index contributed by atoms with van der Waals surface area (Å²) in [7, 11) is 0. The van der Waals surface area contributed by atoms with Gasteiger partial charge in [0.05, 0.1) is 12.5 Å². The largest absolute Gasteiger partial charge is 0.390 e. The van der Waals surface area contributed by atoms with Crippen molar-refractivity contribution in [3.8, 4) is 0 Å². The van der Waals surface area contributed by atoms with Crippen LogP contribution < -0.4 is 5.32 Å². The van der Waals surface area contributed by atoms with E-state index in [0.29, 0.717) is 13.1 Å². The van der Waals surface area contributed by atoms with Crippen molar-refractivity contribution < 1.29 is 13.2 Å². The minimum atomic E-state index is -4.12. The van der Waals surface area contributed by atoms with Gasteiger partial charge in [-0.05, 0) is 19.1 Å². The van der Waals surface area contributed by atoms with Gasteiger partial charge in [-0.1, -0.05) is 0 Å².